The molecule has 2 aromatic rings. The first kappa shape index (κ1) is 22.0. The maximum Gasteiger partial charge on any atom is 0.256 e. The minimum absolute atomic E-state index is 0.0839. The van der Waals surface area contributed by atoms with Crippen molar-refractivity contribution >= 4 is 11.8 Å². The normalized spacial score (nSPS) is 19.0. The summed E-state index contributed by atoms with van der Waals surface area (Å²) in [6, 6.07) is 18.3. The lowest BCUT2D eigenvalue weighted by atomic mass is 9.87. The number of amides is 2. The van der Waals surface area contributed by atoms with Crippen molar-refractivity contribution in [1.82, 2.24) is 9.80 Å². The third kappa shape index (κ3) is 4.90. The summed E-state index contributed by atoms with van der Waals surface area (Å²) in [7, 11) is 3.48. The van der Waals surface area contributed by atoms with E-state index in [9.17, 15) is 9.59 Å². The van der Waals surface area contributed by atoms with E-state index >= 15 is 0 Å². The Morgan fingerprint density at radius 3 is 2.40 bits per heavy atom. The Balaban J connectivity index is 1.96. The molecule has 1 fully saturated rings. The van der Waals surface area contributed by atoms with E-state index in [-0.39, 0.29) is 24.3 Å². The van der Waals surface area contributed by atoms with Gasteiger partial charge in [-0.1, -0.05) is 68.4 Å². The van der Waals surface area contributed by atoms with E-state index in [0.717, 1.165) is 16.7 Å². The summed E-state index contributed by atoms with van der Waals surface area (Å²) >= 11 is 0. The number of benzene rings is 2. The first-order valence-electron chi connectivity index (χ1n) is 10.6. The lowest BCUT2D eigenvalue weighted by Crippen LogP contribution is -2.61. The molecule has 0 saturated carbocycles. The smallest absolute Gasteiger partial charge is 0.256 e. The van der Waals surface area contributed by atoms with Gasteiger partial charge in [-0.15, -0.1) is 0 Å². The maximum atomic E-state index is 13.3. The molecule has 5 heteroatoms. The summed E-state index contributed by atoms with van der Waals surface area (Å²) < 4.78 is 6.18. The summed E-state index contributed by atoms with van der Waals surface area (Å²) in [6.45, 7) is 5.23. The van der Waals surface area contributed by atoms with Gasteiger partial charge in [0.1, 0.15) is 0 Å². The number of hydrogen-bond acceptors (Lipinski definition) is 3. The molecular weight excluding hydrogens is 376 g/mol. The molecule has 0 aromatic heterocycles. The monoisotopic (exact) mass is 408 g/mol. The molecule has 1 aliphatic rings. The molecule has 1 heterocycles. The van der Waals surface area contributed by atoms with E-state index in [4.69, 9.17) is 4.74 Å². The third-order valence-electron chi connectivity index (χ3n) is 5.50. The summed E-state index contributed by atoms with van der Waals surface area (Å²) in [5, 5.41) is 0. The van der Waals surface area contributed by atoms with Crippen LogP contribution < -0.4 is 0 Å². The number of carbonyl (C=O) groups is 2. The lowest BCUT2D eigenvalue weighted by Gasteiger charge is -2.43. The average Bonchev–Trinajstić information content (AvgIpc) is 2.74. The average molecular weight is 409 g/mol. The van der Waals surface area contributed by atoms with Crippen LogP contribution in [0.15, 0.2) is 54.6 Å². The van der Waals surface area contributed by atoms with Gasteiger partial charge in [0.15, 0.2) is 5.60 Å². The predicted octanol–water partition coefficient (Wildman–Crippen LogP) is 3.63. The molecule has 5 nitrogen and oxygen atoms in total. The first-order chi connectivity index (χ1) is 14.3. The lowest BCUT2D eigenvalue weighted by molar-refractivity contribution is -0.172. The molecule has 2 aromatic carbocycles. The minimum Gasteiger partial charge on any atom is -0.361 e. The van der Waals surface area contributed by atoms with Gasteiger partial charge in [-0.2, -0.15) is 0 Å². The fraction of sp³-hybridized carbons (Fsp3) is 0.440. The van der Waals surface area contributed by atoms with Crippen LogP contribution in [0.1, 0.15) is 25.8 Å². The van der Waals surface area contributed by atoms with Crippen LogP contribution in [-0.4, -0.2) is 61.0 Å². The maximum absolute atomic E-state index is 13.3. The van der Waals surface area contributed by atoms with E-state index in [1.165, 1.54) is 0 Å². The number of morpholine rings is 1. The molecule has 2 amide bonds. The van der Waals surface area contributed by atoms with Crippen LogP contribution in [0.5, 0.6) is 0 Å². The van der Waals surface area contributed by atoms with Crippen LogP contribution >= 0.6 is 0 Å². The van der Waals surface area contributed by atoms with Crippen LogP contribution in [0.3, 0.4) is 0 Å². The molecule has 160 valence electrons. The number of carbonyl (C=O) groups excluding carboxylic acids is 2. The molecular formula is C25H32N2O3. The first-order valence-corrected chi connectivity index (χ1v) is 10.6. The van der Waals surface area contributed by atoms with Crippen LogP contribution in [0, 0.1) is 5.92 Å². The summed E-state index contributed by atoms with van der Waals surface area (Å²) in [4.78, 5) is 29.5. The van der Waals surface area contributed by atoms with Gasteiger partial charge in [0.2, 0.25) is 5.91 Å². The second-order valence-electron chi connectivity index (χ2n) is 8.66. The third-order valence-corrected chi connectivity index (χ3v) is 5.50. The molecule has 1 atom stereocenters. The Hall–Kier alpha value is -2.66. The van der Waals surface area contributed by atoms with E-state index in [2.05, 4.69) is 18.2 Å². The standard InChI is InChI=1S/C25H32N2O3/c1-19(2)16-23(28)27-14-15-30-25(18-27,24(29)26(3)4)17-21-12-8-9-13-22(21)20-10-6-5-7-11-20/h5-13,19H,14-18H2,1-4H3/t25-/m0/s1. The molecule has 0 unspecified atom stereocenters. The predicted molar refractivity (Wildman–Crippen MR) is 119 cm³/mol. The van der Waals surface area contributed by atoms with Gasteiger partial charge >= 0.3 is 0 Å². The molecule has 0 radical (unpaired) electrons. The highest BCUT2D eigenvalue weighted by Gasteiger charge is 2.46. The molecule has 3 rings (SSSR count). The number of nitrogens with zero attached hydrogens (tertiary/aromatic N) is 2. The van der Waals surface area contributed by atoms with Crippen molar-refractivity contribution in [2.24, 2.45) is 5.92 Å². The molecule has 0 N–H and O–H groups in total. The Labute approximate surface area is 179 Å². The van der Waals surface area contributed by atoms with Gasteiger partial charge in [-0.25, -0.2) is 0 Å². The molecule has 0 aliphatic carbocycles. The van der Waals surface area contributed by atoms with Gasteiger partial charge in [-0.3, -0.25) is 9.59 Å². The van der Waals surface area contributed by atoms with Gasteiger partial charge < -0.3 is 14.5 Å². The van der Waals surface area contributed by atoms with E-state index in [1.54, 1.807) is 23.9 Å². The summed E-state index contributed by atoms with van der Waals surface area (Å²) in [6.07, 6.45) is 0.896. The van der Waals surface area contributed by atoms with Gasteiger partial charge in [-0.05, 0) is 22.6 Å². The van der Waals surface area contributed by atoms with Crippen LogP contribution in [0.25, 0.3) is 11.1 Å². The molecule has 0 bridgehead atoms. The quantitative estimate of drug-likeness (QED) is 0.733. The summed E-state index contributed by atoms with van der Waals surface area (Å²) in [5.41, 5.74) is 2.14. The minimum atomic E-state index is -1.08. The number of hydrogen-bond donors (Lipinski definition) is 0. The van der Waals surface area contributed by atoms with Gasteiger partial charge in [0.25, 0.3) is 5.91 Å². The van der Waals surface area contributed by atoms with Gasteiger partial charge in [0.05, 0.1) is 13.2 Å². The Kier molecular flexibility index (Phi) is 6.93. The van der Waals surface area contributed by atoms with E-state index in [0.29, 0.717) is 26.0 Å². The van der Waals surface area contributed by atoms with E-state index in [1.807, 2.05) is 50.2 Å². The Morgan fingerprint density at radius 2 is 1.73 bits per heavy atom. The van der Waals surface area contributed by atoms with E-state index < -0.39 is 5.60 Å². The van der Waals surface area contributed by atoms with Crippen LogP contribution in [-0.2, 0) is 20.7 Å². The highest BCUT2D eigenvalue weighted by Crippen LogP contribution is 2.31. The largest absolute Gasteiger partial charge is 0.361 e. The number of rotatable bonds is 6. The molecule has 30 heavy (non-hydrogen) atoms. The van der Waals surface area contributed by atoms with Crippen molar-refractivity contribution in [3.05, 3.63) is 60.2 Å². The number of likely N-dealkylation sites (N-methyl/N-ethyl adjacent to an activating group) is 1. The second-order valence-corrected chi connectivity index (χ2v) is 8.66. The highest BCUT2D eigenvalue weighted by molar-refractivity contribution is 5.87. The van der Waals surface area contributed by atoms with Crippen molar-refractivity contribution in [3.8, 4) is 11.1 Å². The Bertz CT molecular complexity index is 879. The fourth-order valence-corrected chi connectivity index (χ4v) is 4.08. The van der Waals surface area contributed by atoms with Crippen molar-refractivity contribution in [1.29, 1.82) is 0 Å². The van der Waals surface area contributed by atoms with Gasteiger partial charge in [0, 0.05) is 33.5 Å². The molecule has 1 saturated heterocycles. The zero-order valence-corrected chi connectivity index (χ0v) is 18.4. The molecule has 0 spiro atoms. The van der Waals surface area contributed by atoms with Crippen LogP contribution in [0.4, 0.5) is 0 Å². The second kappa shape index (κ2) is 9.43. The zero-order valence-electron chi connectivity index (χ0n) is 18.4. The van der Waals surface area contributed by atoms with Crippen molar-refractivity contribution in [2.45, 2.75) is 32.3 Å². The topological polar surface area (TPSA) is 49.9 Å². The van der Waals surface area contributed by atoms with Crippen molar-refractivity contribution in [2.75, 3.05) is 33.8 Å². The molecule has 1 aliphatic heterocycles. The fourth-order valence-electron chi connectivity index (χ4n) is 4.08. The van der Waals surface area contributed by atoms with Crippen molar-refractivity contribution < 1.29 is 14.3 Å². The Morgan fingerprint density at radius 1 is 1.07 bits per heavy atom. The zero-order chi connectivity index (χ0) is 21.7. The number of ether oxygens (including phenoxy) is 1. The van der Waals surface area contributed by atoms with Crippen LogP contribution in [0.2, 0.25) is 0 Å². The summed E-state index contributed by atoms with van der Waals surface area (Å²) in [5.74, 6) is 0.256. The SMILES string of the molecule is CC(C)CC(=O)N1CCO[C@](Cc2ccccc2-c2ccccc2)(C(=O)N(C)C)C1. The highest BCUT2D eigenvalue weighted by atomic mass is 16.5. The van der Waals surface area contributed by atoms with Crippen molar-refractivity contribution in [3.63, 3.8) is 0 Å².